The van der Waals surface area contributed by atoms with E-state index in [2.05, 4.69) is 10.6 Å². The number of ether oxygens (including phenoxy) is 1. The van der Waals surface area contributed by atoms with Gasteiger partial charge in [0, 0.05) is 31.7 Å². The second kappa shape index (κ2) is 9.07. The van der Waals surface area contributed by atoms with Crippen LogP contribution in [-0.4, -0.2) is 30.5 Å². The summed E-state index contributed by atoms with van der Waals surface area (Å²) in [4.78, 5) is 26.0. The van der Waals surface area contributed by atoms with E-state index in [-0.39, 0.29) is 11.9 Å². The normalized spacial score (nSPS) is 14.0. The molecule has 2 N–H and O–H groups in total. The van der Waals surface area contributed by atoms with Crippen molar-refractivity contribution in [2.75, 3.05) is 19.0 Å². The fourth-order valence-electron chi connectivity index (χ4n) is 3.14. The summed E-state index contributed by atoms with van der Waals surface area (Å²) < 4.78 is 5.18. The molecule has 0 aromatic heterocycles. The standard InChI is InChI=1S/C21H25N3O3/c1-27-19-9-5-6-16(13-19)14-22-21(26)23-18-8-4-7-17(12-18)15-24-11-3-2-10-20(24)25/h4-9,12-13H,2-3,10-11,14-15H2,1H3,(H2,22,23,26). The van der Waals surface area contributed by atoms with Gasteiger partial charge in [-0.2, -0.15) is 0 Å². The van der Waals surface area contributed by atoms with Gasteiger partial charge in [0.25, 0.3) is 0 Å². The Morgan fingerprint density at radius 1 is 1.11 bits per heavy atom. The molecule has 2 aromatic carbocycles. The first-order valence-electron chi connectivity index (χ1n) is 9.18. The molecule has 0 atom stereocenters. The van der Waals surface area contributed by atoms with E-state index < -0.39 is 0 Å². The smallest absolute Gasteiger partial charge is 0.319 e. The van der Waals surface area contributed by atoms with Crippen LogP contribution in [0, 0.1) is 0 Å². The Bertz CT molecular complexity index is 807. The van der Waals surface area contributed by atoms with E-state index >= 15 is 0 Å². The van der Waals surface area contributed by atoms with Crippen molar-refractivity contribution in [2.24, 2.45) is 0 Å². The molecule has 0 spiro atoms. The number of carbonyl (C=O) groups excluding carboxylic acids is 2. The van der Waals surface area contributed by atoms with Crippen molar-refractivity contribution in [3.8, 4) is 5.75 Å². The third-order valence-electron chi connectivity index (χ3n) is 4.57. The van der Waals surface area contributed by atoms with Crippen molar-refractivity contribution >= 4 is 17.6 Å². The number of nitrogens with one attached hydrogen (secondary N) is 2. The minimum atomic E-state index is -0.274. The average molecular weight is 367 g/mol. The van der Waals surface area contributed by atoms with Crippen molar-refractivity contribution in [1.29, 1.82) is 0 Å². The van der Waals surface area contributed by atoms with Gasteiger partial charge in [-0.05, 0) is 48.2 Å². The van der Waals surface area contributed by atoms with Crippen LogP contribution >= 0.6 is 0 Å². The van der Waals surface area contributed by atoms with Crippen molar-refractivity contribution in [3.05, 3.63) is 59.7 Å². The van der Waals surface area contributed by atoms with Crippen LogP contribution in [0.5, 0.6) is 5.75 Å². The van der Waals surface area contributed by atoms with E-state index in [1.165, 1.54) is 0 Å². The molecule has 6 heteroatoms. The molecule has 6 nitrogen and oxygen atoms in total. The summed E-state index contributed by atoms with van der Waals surface area (Å²) in [7, 11) is 1.61. The molecule has 3 rings (SSSR count). The molecule has 1 aliphatic rings. The molecule has 1 aliphatic heterocycles. The van der Waals surface area contributed by atoms with Gasteiger partial charge in [-0.25, -0.2) is 4.79 Å². The van der Waals surface area contributed by atoms with Gasteiger partial charge in [0.05, 0.1) is 7.11 Å². The van der Waals surface area contributed by atoms with Gasteiger partial charge in [0.2, 0.25) is 5.91 Å². The van der Waals surface area contributed by atoms with Crippen LogP contribution in [0.3, 0.4) is 0 Å². The van der Waals surface area contributed by atoms with Crippen LogP contribution in [0.2, 0.25) is 0 Å². The summed E-state index contributed by atoms with van der Waals surface area (Å²) in [6, 6.07) is 14.9. The van der Waals surface area contributed by atoms with Gasteiger partial charge in [0.15, 0.2) is 0 Å². The number of likely N-dealkylation sites (tertiary alicyclic amines) is 1. The largest absolute Gasteiger partial charge is 0.497 e. The molecule has 0 unspecified atom stereocenters. The first kappa shape index (κ1) is 18.8. The Morgan fingerprint density at radius 3 is 2.74 bits per heavy atom. The summed E-state index contributed by atoms with van der Waals surface area (Å²) in [5.74, 6) is 0.963. The third kappa shape index (κ3) is 5.48. The van der Waals surface area contributed by atoms with Crippen LogP contribution in [0.4, 0.5) is 10.5 Å². The lowest BCUT2D eigenvalue weighted by Gasteiger charge is -2.26. The van der Waals surface area contributed by atoms with Gasteiger partial charge in [-0.15, -0.1) is 0 Å². The molecule has 1 saturated heterocycles. The number of rotatable bonds is 6. The number of hydrogen-bond donors (Lipinski definition) is 2. The molecule has 2 aromatic rings. The van der Waals surface area contributed by atoms with E-state index in [1.54, 1.807) is 7.11 Å². The zero-order valence-corrected chi connectivity index (χ0v) is 15.5. The number of methoxy groups -OCH3 is 1. The minimum Gasteiger partial charge on any atom is -0.497 e. The highest BCUT2D eigenvalue weighted by Crippen LogP contribution is 2.17. The summed E-state index contributed by atoms with van der Waals surface area (Å²) in [5, 5.41) is 5.68. The number of hydrogen-bond acceptors (Lipinski definition) is 3. The molecular formula is C21H25N3O3. The maximum atomic E-state index is 12.2. The maximum Gasteiger partial charge on any atom is 0.319 e. The van der Waals surface area contributed by atoms with Crippen molar-refractivity contribution in [2.45, 2.75) is 32.4 Å². The number of benzene rings is 2. The van der Waals surface area contributed by atoms with Gasteiger partial charge in [0.1, 0.15) is 5.75 Å². The van der Waals surface area contributed by atoms with Crippen LogP contribution in [0.1, 0.15) is 30.4 Å². The van der Waals surface area contributed by atoms with Crippen LogP contribution < -0.4 is 15.4 Å². The molecular weight excluding hydrogens is 342 g/mol. The first-order valence-corrected chi connectivity index (χ1v) is 9.18. The quantitative estimate of drug-likeness (QED) is 0.820. The molecule has 142 valence electrons. The second-order valence-electron chi connectivity index (χ2n) is 6.63. The Hall–Kier alpha value is -3.02. The zero-order chi connectivity index (χ0) is 19.1. The molecule has 0 saturated carbocycles. The molecule has 0 bridgehead atoms. The van der Waals surface area contributed by atoms with Gasteiger partial charge < -0.3 is 20.3 Å². The van der Waals surface area contributed by atoms with Crippen LogP contribution in [-0.2, 0) is 17.9 Å². The Kier molecular flexibility index (Phi) is 6.30. The SMILES string of the molecule is COc1cccc(CNC(=O)Nc2cccc(CN3CCCCC3=O)c2)c1. The zero-order valence-electron chi connectivity index (χ0n) is 15.5. The number of carbonyl (C=O) groups is 2. The van der Waals surface area contributed by atoms with Crippen LogP contribution in [0.25, 0.3) is 0 Å². The van der Waals surface area contributed by atoms with E-state index in [1.807, 2.05) is 53.4 Å². The lowest BCUT2D eigenvalue weighted by Crippen LogP contribution is -2.34. The second-order valence-corrected chi connectivity index (χ2v) is 6.63. The molecule has 0 aliphatic carbocycles. The van der Waals surface area contributed by atoms with Crippen LogP contribution in [0.15, 0.2) is 48.5 Å². The number of urea groups is 1. The topological polar surface area (TPSA) is 70.7 Å². The van der Waals surface area contributed by atoms with Crippen molar-refractivity contribution in [3.63, 3.8) is 0 Å². The van der Waals surface area contributed by atoms with E-state index in [0.29, 0.717) is 25.2 Å². The highest BCUT2D eigenvalue weighted by molar-refractivity contribution is 5.89. The summed E-state index contributed by atoms with van der Waals surface area (Å²) in [6.45, 7) is 1.79. The number of nitrogens with zero attached hydrogens (tertiary/aromatic N) is 1. The molecule has 1 fully saturated rings. The molecule has 3 amide bonds. The van der Waals surface area contributed by atoms with Crippen molar-refractivity contribution in [1.82, 2.24) is 10.2 Å². The molecule has 27 heavy (non-hydrogen) atoms. The molecule has 1 heterocycles. The highest BCUT2D eigenvalue weighted by atomic mass is 16.5. The molecule has 0 radical (unpaired) electrons. The summed E-state index contributed by atoms with van der Waals surface area (Å²) >= 11 is 0. The Balaban J connectivity index is 1.53. The number of amides is 3. The number of anilines is 1. The summed E-state index contributed by atoms with van der Waals surface area (Å²) in [6.07, 6.45) is 2.66. The van der Waals surface area contributed by atoms with E-state index in [4.69, 9.17) is 4.74 Å². The lowest BCUT2D eigenvalue weighted by molar-refractivity contribution is -0.133. The lowest BCUT2D eigenvalue weighted by atomic mass is 10.1. The highest BCUT2D eigenvalue weighted by Gasteiger charge is 2.18. The maximum absolute atomic E-state index is 12.2. The average Bonchev–Trinajstić information content (AvgIpc) is 2.69. The number of piperidine rings is 1. The monoisotopic (exact) mass is 367 g/mol. The van der Waals surface area contributed by atoms with Crippen molar-refractivity contribution < 1.29 is 14.3 Å². The predicted octanol–water partition coefficient (Wildman–Crippen LogP) is 3.53. The van der Waals surface area contributed by atoms with Gasteiger partial charge in [-0.3, -0.25) is 4.79 Å². The minimum absolute atomic E-state index is 0.204. The van der Waals surface area contributed by atoms with E-state index in [9.17, 15) is 9.59 Å². The van der Waals surface area contributed by atoms with Gasteiger partial charge in [-0.1, -0.05) is 24.3 Å². The van der Waals surface area contributed by atoms with E-state index in [0.717, 1.165) is 36.3 Å². The third-order valence-corrected chi connectivity index (χ3v) is 4.57. The fourth-order valence-corrected chi connectivity index (χ4v) is 3.14. The van der Waals surface area contributed by atoms with Gasteiger partial charge >= 0.3 is 6.03 Å². The first-order chi connectivity index (χ1) is 13.1. The predicted molar refractivity (Wildman–Crippen MR) is 105 cm³/mol. The Morgan fingerprint density at radius 2 is 1.93 bits per heavy atom. The Labute approximate surface area is 159 Å². The summed E-state index contributed by atoms with van der Waals surface area (Å²) in [5.41, 5.74) is 2.68. The fraction of sp³-hybridized carbons (Fsp3) is 0.333.